The quantitative estimate of drug-likeness (QED) is 0.535. The van der Waals surface area contributed by atoms with Crippen molar-refractivity contribution in [1.82, 2.24) is 0 Å². The van der Waals surface area contributed by atoms with Crippen LogP contribution in [0, 0.1) is 5.92 Å². The molecule has 1 rings (SSSR count). The van der Waals surface area contributed by atoms with Crippen LogP contribution >= 0.6 is 0 Å². The minimum Gasteiger partial charge on any atom is -0.269 e. The SMILES string of the molecule is C=CC1=C(N=C)CCC(C)C1. The molecular formula is C10H15N. The maximum atomic E-state index is 3.99. The second kappa shape index (κ2) is 3.51. The molecule has 0 spiro atoms. The van der Waals surface area contributed by atoms with Crippen molar-refractivity contribution in [2.75, 3.05) is 0 Å². The van der Waals surface area contributed by atoms with Crippen molar-refractivity contribution in [1.29, 1.82) is 0 Å². The van der Waals surface area contributed by atoms with Gasteiger partial charge in [-0.25, -0.2) is 0 Å². The van der Waals surface area contributed by atoms with Gasteiger partial charge < -0.3 is 0 Å². The number of aliphatic imine (C=N–C) groups is 1. The summed E-state index contributed by atoms with van der Waals surface area (Å²) < 4.78 is 0. The van der Waals surface area contributed by atoms with Crippen molar-refractivity contribution in [2.45, 2.75) is 26.2 Å². The molecule has 0 radical (unpaired) electrons. The van der Waals surface area contributed by atoms with Crippen LogP contribution in [0.25, 0.3) is 0 Å². The maximum absolute atomic E-state index is 3.99. The molecule has 1 atom stereocenters. The highest BCUT2D eigenvalue weighted by Crippen LogP contribution is 2.29. The predicted molar refractivity (Wildman–Crippen MR) is 49.8 cm³/mol. The lowest BCUT2D eigenvalue weighted by Gasteiger charge is -2.20. The van der Waals surface area contributed by atoms with Crippen LogP contribution in [0.2, 0.25) is 0 Å². The third-order valence-electron chi connectivity index (χ3n) is 2.25. The van der Waals surface area contributed by atoms with Crippen molar-refractivity contribution in [2.24, 2.45) is 10.9 Å². The minimum atomic E-state index is 0.786. The zero-order valence-corrected chi connectivity index (χ0v) is 7.14. The van der Waals surface area contributed by atoms with Gasteiger partial charge in [0.2, 0.25) is 0 Å². The molecule has 1 unspecified atom stereocenters. The highest BCUT2D eigenvalue weighted by atomic mass is 14.7. The van der Waals surface area contributed by atoms with Gasteiger partial charge in [-0.05, 0) is 37.5 Å². The highest BCUT2D eigenvalue weighted by Gasteiger charge is 2.14. The van der Waals surface area contributed by atoms with Gasteiger partial charge in [-0.2, -0.15) is 0 Å². The summed E-state index contributed by atoms with van der Waals surface area (Å²) in [5.41, 5.74) is 2.44. The fourth-order valence-electron chi connectivity index (χ4n) is 1.52. The Bertz CT molecular complexity index is 201. The molecule has 0 saturated heterocycles. The molecule has 11 heavy (non-hydrogen) atoms. The molecule has 0 bridgehead atoms. The summed E-state index contributed by atoms with van der Waals surface area (Å²) in [5.74, 6) is 0.786. The third kappa shape index (κ3) is 1.79. The Morgan fingerprint density at radius 2 is 2.36 bits per heavy atom. The Morgan fingerprint density at radius 3 is 2.91 bits per heavy atom. The molecule has 0 amide bonds. The fraction of sp³-hybridized carbons (Fsp3) is 0.500. The maximum Gasteiger partial charge on any atom is 0.0428 e. The molecule has 0 aliphatic heterocycles. The Labute approximate surface area is 68.5 Å². The van der Waals surface area contributed by atoms with E-state index in [1.54, 1.807) is 0 Å². The van der Waals surface area contributed by atoms with E-state index < -0.39 is 0 Å². The fourth-order valence-corrected chi connectivity index (χ4v) is 1.52. The smallest absolute Gasteiger partial charge is 0.0428 e. The van der Waals surface area contributed by atoms with Crippen molar-refractivity contribution < 1.29 is 0 Å². The first-order valence-electron chi connectivity index (χ1n) is 4.09. The van der Waals surface area contributed by atoms with Gasteiger partial charge in [-0.3, -0.25) is 4.99 Å². The van der Waals surface area contributed by atoms with E-state index >= 15 is 0 Å². The highest BCUT2D eigenvalue weighted by molar-refractivity contribution is 5.35. The zero-order valence-electron chi connectivity index (χ0n) is 7.14. The zero-order chi connectivity index (χ0) is 8.27. The molecule has 1 heteroatoms. The van der Waals surface area contributed by atoms with E-state index in [2.05, 4.69) is 25.2 Å². The van der Waals surface area contributed by atoms with Crippen LogP contribution in [-0.2, 0) is 0 Å². The number of allylic oxidation sites excluding steroid dienone is 3. The summed E-state index contributed by atoms with van der Waals surface area (Å²) in [7, 11) is 0. The average molecular weight is 149 g/mol. The Balaban J connectivity index is 2.82. The van der Waals surface area contributed by atoms with Gasteiger partial charge in [0.15, 0.2) is 0 Å². The summed E-state index contributed by atoms with van der Waals surface area (Å²) in [6.45, 7) is 9.59. The van der Waals surface area contributed by atoms with Crippen molar-refractivity contribution in [3.63, 3.8) is 0 Å². The number of rotatable bonds is 2. The van der Waals surface area contributed by atoms with Gasteiger partial charge >= 0.3 is 0 Å². The molecule has 0 heterocycles. The molecule has 1 nitrogen and oxygen atoms in total. The van der Waals surface area contributed by atoms with E-state index in [1.165, 1.54) is 12.0 Å². The minimum absolute atomic E-state index is 0.786. The molecule has 60 valence electrons. The molecule has 0 aromatic carbocycles. The average Bonchev–Trinajstić information content (AvgIpc) is 2.04. The molecule has 0 saturated carbocycles. The summed E-state index contributed by atoms with van der Waals surface area (Å²) >= 11 is 0. The molecule has 0 fully saturated rings. The molecule has 0 aromatic heterocycles. The lowest BCUT2D eigenvalue weighted by Crippen LogP contribution is -2.05. The Hall–Kier alpha value is -0.850. The predicted octanol–water partition coefficient (Wildman–Crippen LogP) is 2.95. The Morgan fingerprint density at radius 1 is 1.64 bits per heavy atom. The lowest BCUT2D eigenvalue weighted by atomic mass is 9.88. The van der Waals surface area contributed by atoms with Crippen molar-refractivity contribution in [3.05, 3.63) is 23.9 Å². The third-order valence-corrected chi connectivity index (χ3v) is 2.25. The van der Waals surface area contributed by atoms with Crippen LogP contribution in [-0.4, -0.2) is 6.72 Å². The van der Waals surface area contributed by atoms with Crippen LogP contribution in [0.5, 0.6) is 0 Å². The lowest BCUT2D eigenvalue weighted by molar-refractivity contribution is 0.500. The van der Waals surface area contributed by atoms with Gasteiger partial charge in [-0.1, -0.05) is 19.6 Å². The van der Waals surface area contributed by atoms with Crippen LogP contribution < -0.4 is 0 Å². The molecule has 1 aliphatic carbocycles. The second-order valence-corrected chi connectivity index (χ2v) is 3.18. The number of nitrogens with zero attached hydrogens (tertiary/aromatic N) is 1. The molecule has 0 aromatic rings. The van der Waals surface area contributed by atoms with E-state index in [1.807, 2.05) is 6.08 Å². The molecular weight excluding hydrogens is 134 g/mol. The van der Waals surface area contributed by atoms with Crippen molar-refractivity contribution >= 4 is 6.72 Å². The second-order valence-electron chi connectivity index (χ2n) is 3.18. The summed E-state index contributed by atoms with van der Waals surface area (Å²) in [5, 5.41) is 0. The van der Waals surface area contributed by atoms with Crippen LogP contribution in [0.1, 0.15) is 26.2 Å². The van der Waals surface area contributed by atoms with Crippen LogP contribution in [0.3, 0.4) is 0 Å². The Kier molecular flexibility index (Phi) is 2.64. The van der Waals surface area contributed by atoms with E-state index in [9.17, 15) is 0 Å². The van der Waals surface area contributed by atoms with Crippen molar-refractivity contribution in [3.8, 4) is 0 Å². The first-order chi connectivity index (χ1) is 5.27. The monoisotopic (exact) mass is 149 g/mol. The number of hydrogen-bond acceptors (Lipinski definition) is 1. The van der Waals surface area contributed by atoms with Gasteiger partial charge in [0, 0.05) is 5.70 Å². The summed E-state index contributed by atoms with van der Waals surface area (Å²) in [6.07, 6.45) is 5.36. The van der Waals surface area contributed by atoms with E-state index in [4.69, 9.17) is 0 Å². The van der Waals surface area contributed by atoms with Gasteiger partial charge in [0.25, 0.3) is 0 Å². The summed E-state index contributed by atoms with van der Waals surface area (Å²) in [4.78, 5) is 3.99. The van der Waals surface area contributed by atoms with Gasteiger partial charge in [0.1, 0.15) is 0 Å². The first kappa shape index (κ1) is 8.25. The number of hydrogen-bond donors (Lipinski definition) is 0. The topological polar surface area (TPSA) is 12.4 Å². The standard InChI is InChI=1S/C10H15N/c1-4-9-7-8(2)5-6-10(9)11-3/h4,8H,1,3,5-7H2,2H3. The van der Waals surface area contributed by atoms with E-state index in [-0.39, 0.29) is 0 Å². The molecule has 0 N–H and O–H groups in total. The normalized spacial score (nSPS) is 25.0. The van der Waals surface area contributed by atoms with E-state index in [0.29, 0.717) is 0 Å². The van der Waals surface area contributed by atoms with E-state index in [0.717, 1.165) is 24.5 Å². The van der Waals surface area contributed by atoms with Gasteiger partial charge in [0.05, 0.1) is 0 Å². The van der Waals surface area contributed by atoms with Crippen LogP contribution in [0.15, 0.2) is 28.9 Å². The molecule has 1 aliphatic rings. The summed E-state index contributed by atoms with van der Waals surface area (Å²) in [6, 6.07) is 0. The van der Waals surface area contributed by atoms with Gasteiger partial charge in [-0.15, -0.1) is 0 Å². The largest absolute Gasteiger partial charge is 0.269 e. The first-order valence-corrected chi connectivity index (χ1v) is 4.09. The van der Waals surface area contributed by atoms with Crippen LogP contribution in [0.4, 0.5) is 0 Å².